The quantitative estimate of drug-likeness (QED) is 0.681. The molecule has 1 aliphatic rings. The van der Waals surface area contributed by atoms with E-state index in [1.807, 2.05) is 61.5 Å². The van der Waals surface area contributed by atoms with E-state index in [1.54, 1.807) is 29.2 Å². The predicted octanol–water partition coefficient (Wildman–Crippen LogP) is 3.97. The molecule has 4 rings (SSSR count). The minimum atomic E-state index is -0.234. The molecule has 5 nitrogen and oxygen atoms in total. The Morgan fingerprint density at radius 2 is 1.67 bits per heavy atom. The average molecular weight is 400 g/mol. The fraction of sp³-hybridized carbons (Fsp3) is 0.200. The van der Waals surface area contributed by atoms with Gasteiger partial charge in [-0.25, -0.2) is 0 Å². The molecule has 0 fully saturated rings. The van der Waals surface area contributed by atoms with Gasteiger partial charge in [0.2, 0.25) is 0 Å². The highest BCUT2D eigenvalue weighted by atomic mass is 16.5. The lowest BCUT2D eigenvalue weighted by atomic mass is 10.1. The van der Waals surface area contributed by atoms with Crippen LogP contribution in [0.25, 0.3) is 0 Å². The SMILES string of the molecule is C[C@@H]1Cc2ccccc2N1C(=O)COc1ccccc1C(=O)NCc1ccccc1. The normalized spacial score (nSPS) is 14.8. The van der Waals surface area contributed by atoms with Crippen LogP contribution in [-0.2, 0) is 17.8 Å². The number of nitrogens with zero attached hydrogens (tertiary/aromatic N) is 1. The van der Waals surface area contributed by atoms with Gasteiger partial charge < -0.3 is 15.0 Å². The highest BCUT2D eigenvalue weighted by Gasteiger charge is 2.30. The highest BCUT2D eigenvalue weighted by molar-refractivity contribution is 5.98. The molecule has 0 spiro atoms. The molecule has 3 aromatic rings. The fourth-order valence-electron chi connectivity index (χ4n) is 3.81. The summed E-state index contributed by atoms with van der Waals surface area (Å²) in [6.07, 6.45) is 0.834. The van der Waals surface area contributed by atoms with Gasteiger partial charge in [0.25, 0.3) is 11.8 Å². The molecule has 0 aliphatic carbocycles. The van der Waals surface area contributed by atoms with Crippen molar-refractivity contribution in [1.29, 1.82) is 0 Å². The molecule has 30 heavy (non-hydrogen) atoms. The number of carbonyl (C=O) groups excluding carboxylic acids is 2. The summed E-state index contributed by atoms with van der Waals surface area (Å²) in [5.41, 5.74) is 3.53. The van der Waals surface area contributed by atoms with Crippen molar-refractivity contribution in [3.8, 4) is 5.75 Å². The standard InChI is InChI=1S/C25H24N2O3/c1-18-15-20-11-5-7-13-22(20)27(18)24(28)17-30-23-14-8-6-12-21(23)25(29)26-16-19-9-3-2-4-10-19/h2-14,18H,15-17H2,1H3,(H,26,29)/t18-/m1/s1. The first-order valence-corrected chi connectivity index (χ1v) is 10.1. The molecule has 5 heteroatoms. The molecule has 2 amide bonds. The average Bonchev–Trinajstić information content (AvgIpc) is 3.12. The summed E-state index contributed by atoms with van der Waals surface area (Å²) in [6.45, 7) is 2.33. The zero-order valence-corrected chi connectivity index (χ0v) is 16.9. The lowest BCUT2D eigenvalue weighted by molar-refractivity contribution is -0.120. The van der Waals surface area contributed by atoms with Crippen LogP contribution in [0.15, 0.2) is 78.9 Å². The Hall–Kier alpha value is -3.60. The number of amides is 2. The number of benzene rings is 3. The van der Waals surface area contributed by atoms with Gasteiger partial charge in [-0.15, -0.1) is 0 Å². The summed E-state index contributed by atoms with van der Waals surface area (Å²) in [6, 6.07) is 24.7. The molecular weight excluding hydrogens is 376 g/mol. The fourth-order valence-corrected chi connectivity index (χ4v) is 3.81. The van der Waals surface area contributed by atoms with E-state index in [2.05, 4.69) is 5.32 Å². The Balaban J connectivity index is 1.42. The second-order valence-corrected chi connectivity index (χ2v) is 7.40. The highest BCUT2D eigenvalue weighted by Crippen LogP contribution is 2.32. The number of anilines is 1. The Labute approximate surface area is 176 Å². The number of ether oxygens (including phenoxy) is 1. The second-order valence-electron chi connectivity index (χ2n) is 7.40. The molecule has 152 valence electrons. The van der Waals surface area contributed by atoms with Gasteiger partial charge >= 0.3 is 0 Å². The van der Waals surface area contributed by atoms with Gasteiger partial charge in [-0.1, -0.05) is 60.7 Å². The summed E-state index contributed by atoms with van der Waals surface area (Å²) >= 11 is 0. The first-order valence-electron chi connectivity index (χ1n) is 10.1. The molecular formula is C25H24N2O3. The smallest absolute Gasteiger partial charge is 0.265 e. The minimum absolute atomic E-state index is 0.0860. The molecule has 0 radical (unpaired) electrons. The van der Waals surface area contributed by atoms with E-state index in [-0.39, 0.29) is 24.5 Å². The third-order valence-electron chi connectivity index (χ3n) is 5.25. The number of fused-ring (bicyclic) bond motifs is 1. The Morgan fingerprint density at radius 3 is 2.50 bits per heavy atom. The molecule has 0 bridgehead atoms. The molecule has 1 atom stereocenters. The zero-order valence-electron chi connectivity index (χ0n) is 16.9. The van der Waals surface area contributed by atoms with Crippen molar-refractivity contribution < 1.29 is 14.3 Å². The molecule has 3 aromatic carbocycles. The van der Waals surface area contributed by atoms with Crippen molar-refractivity contribution in [2.24, 2.45) is 0 Å². The van der Waals surface area contributed by atoms with E-state index in [1.165, 1.54) is 5.56 Å². The summed E-state index contributed by atoms with van der Waals surface area (Å²) in [7, 11) is 0. The van der Waals surface area contributed by atoms with Crippen LogP contribution in [0.3, 0.4) is 0 Å². The monoisotopic (exact) mass is 400 g/mol. The topological polar surface area (TPSA) is 58.6 Å². The van der Waals surface area contributed by atoms with Crippen LogP contribution >= 0.6 is 0 Å². The Bertz CT molecular complexity index is 1050. The van der Waals surface area contributed by atoms with Crippen LogP contribution in [0.2, 0.25) is 0 Å². The number of hydrogen-bond acceptors (Lipinski definition) is 3. The van der Waals surface area contributed by atoms with Gasteiger partial charge in [-0.05, 0) is 42.7 Å². The lowest BCUT2D eigenvalue weighted by Gasteiger charge is -2.23. The van der Waals surface area contributed by atoms with Crippen LogP contribution in [0, 0.1) is 0 Å². The van der Waals surface area contributed by atoms with Gasteiger partial charge in [0.05, 0.1) is 5.56 Å². The van der Waals surface area contributed by atoms with Crippen LogP contribution < -0.4 is 15.0 Å². The second kappa shape index (κ2) is 8.82. The van der Waals surface area contributed by atoms with Crippen molar-refractivity contribution in [3.63, 3.8) is 0 Å². The lowest BCUT2D eigenvalue weighted by Crippen LogP contribution is -2.39. The molecule has 0 saturated carbocycles. The molecule has 1 heterocycles. The van der Waals surface area contributed by atoms with E-state index in [0.29, 0.717) is 17.9 Å². The van der Waals surface area contributed by atoms with Gasteiger partial charge in [0.1, 0.15) is 5.75 Å². The molecule has 0 aromatic heterocycles. The zero-order chi connectivity index (χ0) is 20.9. The third-order valence-corrected chi connectivity index (χ3v) is 5.25. The maximum Gasteiger partial charge on any atom is 0.265 e. The molecule has 1 aliphatic heterocycles. The van der Waals surface area contributed by atoms with Gasteiger partial charge in [-0.2, -0.15) is 0 Å². The maximum absolute atomic E-state index is 12.9. The Kier molecular flexibility index (Phi) is 5.80. The van der Waals surface area contributed by atoms with Crippen LogP contribution in [-0.4, -0.2) is 24.5 Å². The van der Waals surface area contributed by atoms with Crippen LogP contribution in [0.4, 0.5) is 5.69 Å². The van der Waals surface area contributed by atoms with Gasteiger partial charge in [0, 0.05) is 18.3 Å². The molecule has 0 saturated heterocycles. The number of rotatable bonds is 6. The summed E-state index contributed by atoms with van der Waals surface area (Å²) in [5, 5.41) is 2.90. The summed E-state index contributed by atoms with van der Waals surface area (Å²) < 4.78 is 5.80. The number of hydrogen-bond donors (Lipinski definition) is 1. The number of para-hydroxylation sites is 2. The molecule has 1 N–H and O–H groups in total. The van der Waals surface area contributed by atoms with E-state index in [0.717, 1.165) is 17.7 Å². The summed E-state index contributed by atoms with van der Waals surface area (Å²) in [5.74, 6) is 0.0466. The van der Waals surface area contributed by atoms with Crippen LogP contribution in [0.5, 0.6) is 5.75 Å². The number of nitrogens with one attached hydrogen (secondary N) is 1. The first kappa shape index (κ1) is 19.7. The van der Waals surface area contributed by atoms with Crippen molar-refractivity contribution in [1.82, 2.24) is 5.32 Å². The van der Waals surface area contributed by atoms with Crippen molar-refractivity contribution in [2.75, 3.05) is 11.5 Å². The molecule has 0 unspecified atom stereocenters. The van der Waals surface area contributed by atoms with E-state index < -0.39 is 0 Å². The van der Waals surface area contributed by atoms with Crippen LogP contribution in [0.1, 0.15) is 28.4 Å². The largest absolute Gasteiger partial charge is 0.483 e. The minimum Gasteiger partial charge on any atom is -0.483 e. The maximum atomic E-state index is 12.9. The Morgan fingerprint density at radius 1 is 0.967 bits per heavy atom. The van der Waals surface area contributed by atoms with Gasteiger partial charge in [0.15, 0.2) is 6.61 Å². The van der Waals surface area contributed by atoms with E-state index in [4.69, 9.17) is 4.74 Å². The van der Waals surface area contributed by atoms with E-state index >= 15 is 0 Å². The van der Waals surface area contributed by atoms with Crippen molar-refractivity contribution >= 4 is 17.5 Å². The van der Waals surface area contributed by atoms with E-state index in [9.17, 15) is 9.59 Å². The first-order chi connectivity index (χ1) is 14.6. The van der Waals surface area contributed by atoms with Gasteiger partial charge in [-0.3, -0.25) is 9.59 Å². The number of carbonyl (C=O) groups is 2. The van der Waals surface area contributed by atoms with Crippen molar-refractivity contribution in [2.45, 2.75) is 25.9 Å². The third kappa shape index (κ3) is 4.20. The van der Waals surface area contributed by atoms with Crippen molar-refractivity contribution in [3.05, 3.63) is 95.6 Å². The predicted molar refractivity (Wildman–Crippen MR) is 117 cm³/mol. The summed E-state index contributed by atoms with van der Waals surface area (Å²) in [4.78, 5) is 27.3.